The van der Waals surface area contributed by atoms with Gasteiger partial charge >= 0.3 is 0 Å². The molecule has 3 heterocycles. The lowest BCUT2D eigenvalue weighted by molar-refractivity contribution is -0.914. The van der Waals surface area contributed by atoms with Crippen molar-refractivity contribution in [1.82, 2.24) is 14.6 Å². The van der Waals surface area contributed by atoms with Gasteiger partial charge in [0, 0.05) is 24.7 Å². The lowest BCUT2D eigenvalue weighted by atomic mass is 10.1. The van der Waals surface area contributed by atoms with Gasteiger partial charge in [0.1, 0.15) is 5.82 Å². The molecule has 0 aliphatic carbocycles. The second-order valence-electron chi connectivity index (χ2n) is 6.75. The normalized spacial score (nSPS) is 17.7. The van der Waals surface area contributed by atoms with Gasteiger partial charge in [0.25, 0.3) is 0 Å². The largest absolute Gasteiger partial charge is 0.394 e. The Labute approximate surface area is 131 Å². The van der Waals surface area contributed by atoms with Crippen molar-refractivity contribution < 1.29 is 4.48 Å². The van der Waals surface area contributed by atoms with E-state index in [9.17, 15) is 0 Å². The number of piperidine rings is 1. The van der Waals surface area contributed by atoms with E-state index in [1.165, 1.54) is 43.4 Å². The highest BCUT2D eigenvalue weighted by Gasteiger charge is 2.23. The Kier molecular flexibility index (Phi) is 4.20. The Hall–Kier alpha value is -1.82. The first-order chi connectivity index (χ1) is 10.6. The predicted octanol–water partition coefficient (Wildman–Crippen LogP) is 2.05. The van der Waals surface area contributed by atoms with Crippen LogP contribution in [0.5, 0.6) is 0 Å². The number of quaternary nitrogens is 1. The molecule has 1 aliphatic heterocycles. The molecule has 0 bridgehead atoms. The summed E-state index contributed by atoms with van der Waals surface area (Å²) in [4.78, 5) is 4.44. The van der Waals surface area contributed by atoms with Gasteiger partial charge < -0.3 is 15.5 Å². The SMILES string of the molecule is Cc1cc(NCCC[N+]2(C)CCCCC2)n2ncc(N)c2n1. The summed E-state index contributed by atoms with van der Waals surface area (Å²) in [6, 6.07) is 2.02. The summed E-state index contributed by atoms with van der Waals surface area (Å²) in [5.41, 5.74) is 8.22. The van der Waals surface area contributed by atoms with Gasteiger partial charge in [-0.3, -0.25) is 0 Å². The fourth-order valence-electron chi connectivity index (χ4n) is 3.40. The summed E-state index contributed by atoms with van der Waals surface area (Å²) in [5, 5.41) is 7.80. The van der Waals surface area contributed by atoms with Crippen molar-refractivity contribution in [2.75, 3.05) is 44.3 Å². The van der Waals surface area contributed by atoms with Gasteiger partial charge in [0.2, 0.25) is 0 Å². The van der Waals surface area contributed by atoms with E-state index < -0.39 is 0 Å². The molecule has 22 heavy (non-hydrogen) atoms. The van der Waals surface area contributed by atoms with Crippen molar-refractivity contribution in [1.29, 1.82) is 0 Å². The van der Waals surface area contributed by atoms with Crippen molar-refractivity contribution in [3.05, 3.63) is 18.0 Å². The van der Waals surface area contributed by atoms with Crippen molar-refractivity contribution >= 4 is 17.2 Å². The maximum atomic E-state index is 5.91. The molecule has 6 nitrogen and oxygen atoms in total. The number of nitrogens with two attached hydrogens (primary N) is 1. The summed E-state index contributed by atoms with van der Waals surface area (Å²) in [6.45, 7) is 6.83. The van der Waals surface area contributed by atoms with Gasteiger partial charge in [-0.15, -0.1) is 0 Å². The van der Waals surface area contributed by atoms with Crippen molar-refractivity contribution in [2.24, 2.45) is 0 Å². The van der Waals surface area contributed by atoms with Gasteiger partial charge in [0.15, 0.2) is 5.65 Å². The number of aromatic nitrogens is 3. The zero-order valence-electron chi connectivity index (χ0n) is 13.7. The van der Waals surface area contributed by atoms with E-state index >= 15 is 0 Å². The quantitative estimate of drug-likeness (QED) is 0.655. The summed E-state index contributed by atoms with van der Waals surface area (Å²) in [5.74, 6) is 0.973. The van der Waals surface area contributed by atoms with E-state index in [1.54, 1.807) is 10.7 Å². The summed E-state index contributed by atoms with van der Waals surface area (Å²) in [6.07, 6.45) is 6.98. The van der Waals surface area contributed by atoms with Gasteiger partial charge in [-0.2, -0.15) is 9.61 Å². The highest BCUT2D eigenvalue weighted by atomic mass is 15.3. The van der Waals surface area contributed by atoms with E-state index in [1.807, 2.05) is 13.0 Å². The van der Waals surface area contributed by atoms with E-state index in [0.717, 1.165) is 30.1 Å². The smallest absolute Gasteiger partial charge is 0.180 e. The molecule has 2 aromatic rings. The number of fused-ring (bicyclic) bond motifs is 1. The molecule has 1 aliphatic rings. The van der Waals surface area contributed by atoms with E-state index in [2.05, 4.69) is 22.4 Å². The molecule has 1 saturated heterocycles. The molecule has 0 atom stereocenters. The molecule has 0 saturated carbocycles. The summed E-state index contributed by atoms with van der Waals surface area (Å²) < 4.78 is 3.01. The molecule has 0 aromatic carbocycles. The van der Waals surface area contributed by atoms with Gasteiger partial charge in [-0.1, -0.05) is 0 Å². The molecule has 0 amide bonds. The third kappa shape index (κ3) is 3.16. The molecule has 3 N–H and O–H groups in total. The van der Waals surface area contributed by atoms with Crippen molar-refractivity contribution in [3.63, 3.8) is 0 Å². The number of anilines is 2. The number of hydrogen-bond donors (Lipinski definition) is 2. The second-order valence-corrected chi connectivity index (χ2v) is 6.75. The second kappa shape index (κ2) is 6.12. The van der Waals surface area contributed by atoms with Gasteiger partial charge in [-0.25, -0.2) is 4.98 Å². The monoisotopic (exact) mass is 303 g/mol. The molecular weight excluding hydrogens is 276 g/mol. The minimum atomic E-state index is 0.623. The van der Waals surface area contributed by atoms with Crippen LogP contribution in [0.2, 0.25) is 0 Å². The summed E-state index contributed by atoms with van der Waals surface area (Å²) >= 11 is 0. The number of hydrogen-bond acceptors (Lipinski definition) is 4. The Bertz CT molecular complexity index is 641. The first-order valence-corrected chi connectivity index (χ1v) is 8.26. The zero-order valence-corrected chi connectivity index (χ0v) is 13.7. The first kappa shape index (κ1) is 15.1. The molecule has 0 unspecified atom stereocenters. The van der Waals surface area contributed by atoms with Crippen LogP contribution in [0.15, 0.2) is 12.3 Å². The molecule has 120 valence electrons. The van der Waals surface area contributed by atoms with E-state index in [0.29, 0.717) is 5.69 Å². The van der Waals surface area contributed by atoms with Crippen LogP contribution in [0, 0.1) is 6.92 Å². The van der Waals surface area contributed by atoms with Crippen molar-refractivity contribution in [3.8, 4) is 0 Å². The average Bonchev–Trinajstić information content (AvgIpc) is 2.86. The molecule has 0 radical (unpaired) electrons. The predicted molar refractivity (Wildman–Crippen MR) is 89.9 cm³/mol. The Morgan fingerprint density at radius 3 is 2.86 bits per heavy atom. The first-order valence-electron chi connectivity index (χ1n) is 8.26. The van der Waals surface area contributed by atoms with E-state index in [4.69, 9.17) is 5.73 Å². The van der Waals surface area contributed by atoms with Crippen LogP contribution in [0.1, 0.15) is 31.4 Å². The standard InChI is InChI=1S/C16H27N6/c1-13-11-15(21-16(20-13)14(17)12-19-21)18-7-6-10-22(2)8-4-3-5-9-22/h11-12,18H,3-10,17H2,1-2H3/q+1. The molecule has 1 fully saturated rings. The summed E-state index contributed by atoms with van der Waals surface area (Å²) in [7, 11) is 2.39. The Balaban J connectivity index is 1.60. The molecule has 3 rings (SSSR count). The lowest BCUT2D eigenvalue weighted by Crippen LogP contribution is -2.48. The third-order valence-corrected chi connectivity index (χ3v) is 4.70. The molecule has 0 spiro atoms. The number of rotatable bonds is 5. The zero-order chi connectivity index (χ0) is 15.6. The minimum absolute atomic E-state index is 0.623. The highest BCUT2D eigenvalue weighted by Crippen LogP contribution is 2.18. The Morgan fingerprint density at radius 2 is 2.09 bits per heavy atom. The lowest BCUT2D eigenvalue weighted by Gasteiger charge is -2.37. The van der Waals surface area contributed by atoms with Crippen LogP contribution in [-0.4, -0.2) is 52.3 Å². The number of nitrogens with one attached hydrogen (secondary N) is 1. The van der Waals surface area contributed by atoms with Crippen LogP contribution >= 0.6 is 0 Å². The van der Waals surface area contributed by atoms with E-state index in [-0.39, 0.29) is 0 Å². The average molecular weight is 303 g/mol. The number of likely N-dealkylation sites (tertiary alicyclic amines) is 1. The Morgan fingerprint density at radius 1 is 1.32 bits per heavy atom. The van der Waals surface area contributed by atoms with Crippen LogP contribution in [0.3, 0.4) is 0 Å². The van der Waals surface area contributed by atoms with Crippen LogP contribution in [0.25, 0.3) is 5.65 Å². The number of aryl methyl sites for hydroxylation is 1. The highest BCUT2D eigenvalue weighted by molar-refractivity contribution is 5.66. The van der Waals surface area contributed by atoms with Gasteiger partial charge in [0.05, 0.1) is 38.6 Å². The number of nitrogen functional groups attached to an aromatic ring is 1. The fourth-order valence-corrected chi connectivity index (χ4v) is 3.40. The fraction of sp³-hybridized carbons (Fsp3) is 0.625. The topological polar surface area (TPSA) is 68.2 Å². The van der Waals surface area contributed by atoms with Crippen LogP contribution in [0.4, 0.5) is 11.5 Å². The maximum absolute atomic E-state index is 5.91. The maximum Gasteiger partial charge on any atom is 0.180 e. The molecule has 6 heteroatoms. The molecular formula is C16H27N6+. The third-order valence-electron chi connectivity index (χ3n) is 4.70. The van der Waals surface area contributed by atoms with Gasteiger partial charge in [-0.05, 0) is 26.2 Å². The van der Waals surface area contributed by atoms with Crippen LogP contribution < -0.4 is 11.1 Å². The van der Waals surface area contributed by atoms with Crippen molar-refractivity contribution in [2.45, 2.75) is 32.6 Å². The minimum Gasteiger partial charge on any atom is -0.394 e. The number of nitrogens with zero attached hydrogens (tertiary/aromatic N) is 4. The molecule has 2 aromatic heterocycles. The van der Waals surface area contributed by atoms with Crippen LogP contribution in [-0.2, 0) is 0 Å².